The topological polar surface area (TPSA) is 67.2 Å². The number of nitrogens with zero attached hydrogens (tertiary/aromatic N) is 3. The van der Waals surface area contributed by atoms with Crippen LogP contribution in [-0.4, -0.2) is 25.0 Å². The van der Waals surface area contributed by atoms with Crippen LogP contribution in [0.15, 0.2) is 29.4 Å². The fourth-order valence-electron chi connectivity index (χ4n) is 2.85. The molecule has 0 aromatic heterocycles. The van der Waals surface area contributed by atoms with Gasteiger partial charge < -0.3 is 9.47 Å². The lowest BCUT2D eigenvalue weighted by Crippen LogP contribution is -2.30. The standard InChI is InChI=1S/C18H27N3O2/c1-17(2,3)15-8-6-13(7-9-15)10-14(11-20-21-19)16-12-22-18(4,5)23-16/h6-9,14,16H,10-12H2,1-5H3/t14-,16+/m0/s1. The normalized spacial score (nSPS) is 21.7. The summed E-state index contributed by atoms with van der Waals surface area (Å²) >= 11 is 0. The Morgan fingerprint density at radius 2 is 1.96 bits per heavy atom. The van der Waals surface area contributed by atoms with E-state index in [1.807, 2.05) is 13.8 Å². The SMILES string of the molecule is CC1(C)OC[C@H]([C@H](CN=[N+]=[N-])Cc2ccc(C(C)(C)C)cc2)O1. The molecule has 1 aliphatic heterocycles. The number of benzene rings is 1. The third-order valence-electron chi connectivity index (χ3n) is 4.25. The van der Waals surface area contributed by atoms with Crippen LogP contribution in [-0.2, 0) is 21.3 Å². The zero-order valence-corrected chi connectivity index (χ0v) is 14.7. The number of rotatable bonds is 5. The van der Waals surface area contributed by atoms with Gasteiger partial charge in [0.05, 0.1) is 12.7 Å². The third-order valence-corrected chi connectivity index (χ3v) is 4.25. The number of azide groups is 1. The second kappa shape index (κ2) is 6.91. The molecule has 126 valence electrons. The number of hydrogen-bond acceptors (Lipinski definition) is 3. The molecule has 0 unspecified atom stereocenters. The van der Waals surface area contributed by atoms with E-state index in [2.05, 4.69) is 55.1 Å². The lowest BCUT2D eigenvalue weighted by atomic mass is 9.85. The summed E-state index contributed by atoms with van der Waals surface area (Å²) in [6, 6.07) is 8.67. The van der Waals surface area contributed by atoms with Crippen molar-refractivity contribution in [2.75, 3.05) is 13.2 Å². The minimum absolute atomic E-state index is 0.0437. The molecule has 0 bridgehead atoms. The van der Waals surface area contributed by atoms with Crippen molar-refractivity contribution in [3.63, 3.8) is 0 Å². The average molecular weight is 317 g/mol. The summed E-state index contributed by atoms with van der Waals surface area (Å²) in [6.07, 6.45) is 0.769. The first-order valence-electron chi connectivity index (χ1n) is 8.13. The Hall–Kier alpha value is -1.55. The van der Waals surface area contributed by atoms with Crippen LogP contribution < -0.4 is 0 Å². The molecule has 0 N–H and O–H groups in total. The Morgan fingerprint density at radius 1 is 1.30 bits per heavy atom. The molecule has 23 heavy (non-hydrogen) atoms. The van der Waals surface area contributed by atoms with Crippen molar-refractivity contribution in [2.45, 2.75) is 58.3 Å². The van der Waals surface area contributed by atoms with E-state index in [1.165, 1.54) is 11.1 Å². The largest absolute Gasteiger partial charge is 0.348 e. The van der Waals surface area contributed by atoms with E-state index in [1.54, 1.807) is 0 Å². The van der Waals surface area contributed by atoms with Gasteiger partial charge in [0.25, 0.3) is 0 Å². The number of hydrogen-bond donors (Lipinski definition) is 0. The maximum atomic E-state index is 8.64. The predicted octanol–water partition coefficient (Wildman–Crippen LogP) is 4.60. The summed E-state index contributed by atoms with van der Waals surface area (Å²) in [5.74, 6) is -0.441. The van der Waals surface area contributed by atoms with Crippen LogP contribution in [0.5, 0.6) is 0 Å². The monoisotopic (exact) mass is 317 g/mol. The molecule has 1 heterocycles. The molecule has 1 fully saturated rings. The molecule has 1 aromatic carbocycles. The highest BCUT2D eigenvalue weighted by molar-refractivity contribution is 5.27. The first kappa shape index (κ1) is 17.8. The van der Waals surface area contributed by atoms with Crippen LogP contribution >= 0.6 is 0 Å². The van der Waals surface area contributed by atoms with Gasteiger partial charge in [-0.05, 0) is 48.3 Å². The van der Waals surface area contributed by atoms with Crippen molar-refractivity contribution in [3.05, 3.63) is 45.8 Å². The fourth-order valence-corrected chi connectivity index (χ4v) is 2.85. The summed E-state index contributed by atoms with van der Waals surface area (Å²) in [5, 5.41) is 3.76. The van der Waals surface area contributed by atoms with Crippen LogP contribution in [0, 0.1) is 5.92 Å². The second-order valence-electron chi connectivity index (χ2n) is 7.69. The average Bonchev–Trinajstić information content (AvgIpc) is 2.83. The number of ether oxygens (including phenoxy) is 2. The second-order valence-corrected chi connectivity index (χ2v) is 7.69. The Bertz CT molecular complexity index is 569. The molecule has 1 aliphatic rings. The van der Waals surface area contributed by atoms with Crippen molar-refractivity contribution in [2.24, 2.45) is 11.0 Å². The van der Waals surface area contributed by atoms with Crippen LogP contribution in [0.1, 0.15) is 45.7 Å². The highest BCUT2D eigenvalue weighted by Crippen LogP contribution is 2.29. The minimum Gasteiger partial charge on any atom is -0.348 e. The molecule has 5 heteroatoms. The van der Waals surface area contributed by atoms with Gasteiger partial charge in [-0.3, -0.25) is 0 Å². The summed E-state index contributed by atoms with van der Waals surface area (Å²) in [7, 11) is 0. The lowest BCUT2D eigenvalue weighted by molar-refractivity contribution is -0.143. The van der Waals surface area contributed by atoms with Gasteiger partial charge in [-0.1, -0.05) is 50.2 Å². The molecule has 2 atom stereocenters. The van der Waals surface area contributed by atoms with Crippen LogP contribution in [0.4, 0.5) is 0 Å². The summed E-state index contributed by atoms with van der Waals surface area (Å²) in [5.41, 5.74) is 11.3. The first-order chi connectivity index (χ1) is 10.7. The molecule has 0 amide bonds. The van der Waals surface area contributed by atoms with E-state index in [9.17, 15) is 0 Å². The molecule has 0 spiro atoms. The molecule has 0 aliphatic carbocycles. The third kappa shape index (κ3) is 4.96. The van der Waals surface area contributed by atoms with E-state index in [-0.39, 0.29) is 17.4 Å². The van der Waals surface area contributed by atoms with Crippen molar-refractivity contribution >= 4 is 0 Å². The summed E-state index contributed by atoms with van der Waals surface area (Å²) in [6.45, 7) is 11.4. The Kier molecular flexibility index (Phi) is 5.35. The van der Waals surface area contributed by atoms with Crippen LogP contribution in [0.3, 0.4) is 0 Å². The molecular weight excluding hydrogens is 290 g/mol. The zero-order chi connectivity index (χ0) is 17.1. The molecule has 2 rings (SSSR count). The Balaban J connectivity index is 2.10. The molecule has 0 radical (unpaired) electrons. The van der Waals surface area contributed by atoms with Gasteiger partial charge in [0.15, 0.2) is 5.79 Å². The molecule has 1 aromatic rings. The van der Waals surface area contributed by atoms with Gasteiger partial charge in [0, 0.05) is 11.5 Å². The Morgan fingerprint density at radius 3 is 2.43 bits per heavy atom. The predicted molar refractivity (Wildman–Crippen MR) is 91.3 cm³/mol. The highest BCUT2D eigenvalue weighted by Gasteiger charge is 2.37. The van der Waals surface area contributed by atoms with E-state index in [4.69, 9.17) is 15.0 Å². The van der Waals surface area contributed by atoms with E-state index < -0.39 is 5.79 Å². The minimum atomic E-state index is -0.560. The fraction of sp³-hybridized carbons (Fsp3) is 0.667. The van der Waals surface area contributed by atoms with Crippen molar-refractivity contribution in [3.8, 4) is 0 Å². The van der Waals surface area contributed by atoms with E-state index >= 15 is 0 Å². The van der Waals surface area contributed by atoms with E-state index in [0.717, 1.165) is 6.42 Å². The molecular formula is C18H27N3O2. The van der Waals surface area contributed by atoms with Gasteiger partial charge in [0.2, 0.25) is 0 Å². The summed E-state index contributed by atoms with van der Waals surface area (Å²) in [4.78, 5) is 2.90. The smallest absolute Gasteiger partial charge is 0.163 e. The van der Waals surface area contributed by atoms with Crippen molar-refractivity contribution in [1.82, 2.24) is 0 Å². The van der Waals surface area contributed by atoms with Crippen LogP contribution in [0.2, 0.25) is 0 Å². The van der Waals surface area contributed by atoms with Gasteiger partial charge in [-0.2, -0.15) is 0 Å². The van der Waals surface area contributed by atoms with Gasteiger partial charge in [-0.25, -0.2) is 0 Å². The lowest BCUT2D eigenvalue weighted by Gasteiger charge is -2.24. The van der Waals surface area contributed by atoms with Gasteiger partial charge >= 0.3 is 0 Å². The maximum Gasteiger partial charge on any atom is 0.163 e. The van der Waals surface area contributed by atoms with Crippen LogP contribution in [0.25, 0.3) is 10.4 Å². The summed E-state index contributed by atoms with van der Waals surface area (Å²) < 4.78 is 11.6. The maximum absolute atomic E-state index is 8.64. The first-order valence-corrected chi connectivity index (χ1v) is 8.13. The zero-order valence-electron chi connectivity index (χ0n) is 14.7. The molecule has 1 saturated heterocycles. The molecule has 5 nitrogen and oxygen atoms in total. The quantitative estimate of drug-likeness (QED) is 0.452. The van der Waals surface area contributed by atoms with E-state index in [0.29, 0.717) is 13.2 Å². The Labute approximate surface area is 138 Å². The van der Waals surface area contributed by atoms with Crippen molar-refractivity contribution < 1.29 is 9.47 Å². The van der Waals surface area contributed by atoms with Gasteiger partial charge in [-0.15, -0.1) is 0 Å². The van der Waals surface area contributed by atoms with Gasteiger partial charge in [0.1, 0.15) is 0 Å². The van der Waals surface area contributed by atoms with Crippen molar-refractivity contribution in [1.29, 1.82) is 0 Å². The molecule has 0 saturated carbocycles. The highest BCUT2D eigenvalue weighted by atomic mass is 16.7.